The van der Waals surface area contributed by atoms with Crippen LogP contribution in [0.3, 0.4) is 0 Å². The number of allylic oxidation sites excluding steroid dienone is 1. The number of aromatic nitrogens is 3. The molecule has 0 aromatic carbocycles. The Balaban J connectivity index is 1.41. The zero-order valence-electron chi connectivity index (χ0n) is 21.8. The van der Waals surface area contributed by atoms with Crippen LogP contribution in [0.25, 0.3) is 0 Å². The number of aryl methyl sites for hydroxylation is 1. The fraction of sp³-hybridized carbons (Fsp3) is 0.500. The maximum Gasteiger partial charge on any atom is 0.330 e. The van der Waals surface area contributed by atoms with E-state index < -0.39 is 29.4 Å². The Morgan fingerprint density at radius 2 is 2.08 bits per heavy atom. The minimum absolute atomic E-state index is 0.0183. The highest BCUT2D eigenvalue weighted by molar-refractivity contribution is 7.08. The summed E-state index contributed by atoms with van der Waals surface area (Å²) in [5.74, 6) is -0.730. The zero-order valence-corrected chi connectivity index (χ0v) is 22.7. The van der Waals surface area contributed by atoms with Gasteiger partial charge in [-0.15, -0.1) is 5.10 Å². The molecule has 3 N–H and O–H groups in total. The smallest absolute Gasteiger partial charge is 0.330 e. The Morgan fingerprint density at radius 3 is 2.74 bits per heavy atom. The predicted molar refractivity (Wildman–Crippen MR) is 143 cm³/mol. The van der Waals surface area contributed by atoms with Gasteiger partial charge in [-0.3, -0.25) is 19.2 Å². The van der Waals surface area contributed by atoms with Gasteiger partial charge in [0.1, 0.15) is 23.2 Å². The van der Waals surface area contributed by atoms with Crippen LogP contribution in [0.4, 0.5) is 5.69 Å². The molecule has 2 aromatic heterocycles. The fourth-order valence-corrected chi connectivity index (χ4v) is 5.81. The highest BCUT2D eigenvalue weighted by Crippen LogP contribution is 2.44. The van der Waals surface area contributed by atoms with Crippen LogP contribution in [0.1, 0.15) is 53.9 Å². The molecule has 2 aliphatic rings. The summed E-state index contributed by atoms with van der Waals surface area (Å²) in [6, 6.07) is 2.14. The van der Waals surface area contributed by atoms with Crippen LogP contribution in [0, 0.1) is 18.8 Å². The first kappa shape index (κ1) is 28.1. The van der Waals surface area contributed by atoms with Crippen LogP contribution in [0.2, 0.25) is 0 Å². The summed E-state index contributed by atoms with van der Waals surface area (Å²) in [6.07, 6.45) is 9.16. The van der Waals surface area contributed by atoms with Crippen molar-refractivity contribution in [2.75, 3.05) is 12.4 Å². The van der Waals surface area contributed by atoms with Gasteiger partial charge in [-0.25, -0.2) is 4.79 Å². The number of hydrogen-bond donors (Lipinski definition) is 3. The molecule has 3 amide bonds. The molecule has 2 bridgehead atoms. The topological polar surface area (TPSA) is 161 Å². The van der Waals surface area contributed by atoms with Crippen molar-refractivity contribution in [2.24, 2.45) is 11.8 Å². The second-order valence-electron chi connectivity index (χ2n) is 9.91. The molecule has 4 atom stereocenters. The van der Waals surface area contributed by atoms with E-state index in [-0.39, 0.29) is 41.9 Å². The molecule has 2 unspecified atom stereocenters. The summed E-state index contributed by atoms with van der Waals surface area (Å²) in [4.78, 5) is 63.3. The van der Waals surface area contributed by atoms with Crippen molar-refractivity contribution in [3.63, 3.8) is 0 Å². The number of ether oxygens (including phenoxy) is 1. The van der Waals surface area contributed by atoms with E-state index in [1.165, 1.54) is 42.5 Å². The van der Waals surface area contributed by atoms with Gasteiger partial charge in [0.15, 0.2) is 0 Å². The number of nitrogens with one attached hydrogen (secondary N) is 3. The van der Waals surface area contributed by atoms with Crippen molar-refractivity contribution < 1.29 is 23.9 Å². The zero-order chi connectivity index (χ0) is 27.9. The summed E-state index contributed by atoms with van der Waals surface area (Å²) < 4.78 is 9.55. The summed E-state index contributed by atoms with van der Waals surface area (Å²) in [5.41, 5.74) is -0.126. The van der Waals surface area contributed by atoms with Crippen LogP contribution in [-0.2, 0) is 25.7 Å². The first-order valence-corrected chi connectivity index (χ1v) is 13.7. The Labute approximate surface area is 229 Å². The lowest BCUT2D eigenvalue weighted by Crippen LogP contribution is -2.45. The van der Waals surface area contributed by atoms with Crippen LogP contribution >= 0.6 is 11.5 Å². The van der Waals surface area contributed by atoms with E-state index in [4.69, 9.17) is 0 Å². The summed E-state index contributed by atoms with van der Waals surface area (Å²) >= 11 is 0.904. The Kier molecular flexibility index (Phi) is 9.23. The maximum atomic E-state index is 13.2. The number of carbonyl (C=O) groups excluding carboxylic acids is 4. The molecule has 0 spiro atoms. The number of hydrogen-bond acceptors (Lipinski definition) is 9. The third-order valence-corrected chi connectivity index (χ3v) is 8.06. The molecular weight excluding hydrogens is 524 g/mol. The summed E-state index contributed by atoms with van der Waals surface area (Å²) in [6.45, 7) is 1.47. The summed E-state index contributed by atoms with van der Waals surface area (Å²) in [7, 11) is 1.25. The van der Waals surface area contributed by atoms with Crippen molar-refractivity contribution in [2.45, 2.75) is 64.1 Å². The Morgan fingerprint density at radius 1 is 1.26 bits per heavy atom. The lowest BCUT2D eigenvalue weighted by Gasteiger charge is -2.23. The predicted octanol–water partition coefficient (Wildman–Crippen LogP) is 1.56. The second-order valence-corrected chi connectivity index (χ2v) is 10.7. The number of amides is 3. The SMILES string of the molecule is COC(=O)/C=C/CC[C@H](NC(=O)c1snnc1C)C(=O)Nc1cccn(CC(=O)N[C@@H]2CC3CCC2C3)c1=O. The van der Waals surface area contributed by atoms with Gasteiger partial charge in [0.25, 0.3) is 11.5 Å². The van der Waals surface area contributed by atoms with Gasteiger partial charge >= 0.3 is 5.97 Å². The van der Waals surface area contributed by atoms with Crippen LogP contribution in [0.15, 0.2) is 35.3 Å². The third kappa shape index (κ3) is 7.16. The number of methoxy groups -OCH3 is 1. The number of nitrogens with zero attached hydrogens (tertiary/aromatic N) is 3. The number of rotatable bonds is 11. The molecule has 0 saturated heterocycles. The highest BCUT2D eigenvalue weighted by Gasteiger charge is 2.40. The van der Waals surface area contributed by atoms with E-state index in [0.717, 1.165) is 30.8 Å². The van der Waals surface area contributed by atoms with Gasteiger partial charge in [0, 0.05) is 18.3 Å². The molecule has 2 fully saturated rings. The quantitative estimate of drug-likeness (QED) is 0.278. The van der Waals surface area contributed by atoms with Crippen molar-refractivity contribution in [3.05, 3.63) is 51.4 Å². The van der Waals surface area contributed by atoms with Gasteiger partial charge < -0.3 is 25.3 Å². The van der Waals surface area contributed by atoms with E-state index >= 15 is 0 Å². The van der Waals surface area contributed by atoms with Gasteiger partial charge in [0.2, 0.25) is 11.8 Å². The van der Waals surface area contributed by atoms with E-state index in [1.807, 2.05) is 0 Å². The molecule has 2 aliphatic carbocycles. The molecule has 2 aromatic rings. The van der Waals surface area contributed by atoms with Gasteiger partial charge in [-0.1, -0.05) is 17.0 Å². The van der Waals surface area contributed by atoms with Crippen molar-refractivity contribution in [1.29, 1.82) is 0 Å². The first-order valence-electron chi connectivity index (χ1n) is 12.9. The van der Waals surface area contributed by atoms with E-state index in [1.54, 1.807) is 13.0 Å². The van der Waals surface area contributed by atoms with Crippen molar-refractivity contribution in [1.82, 2.24) is 24.8 Å². The minimum Gasteiger partial charge on any atom is -0.466 e. The van der Waals surface area contributed by atoms with Gasteiger partial charge in [0.05, 0.1) is 12.8 Å². The molecule has 4 rings (SSSR count). The molecule has 0 aliphatic heterocycles. The number of anilines is 1. The lowest BCUT2D eigenvalue weighted by molar-refractivity contribution is -0.134. The van der Waals surface area contributed by atoms with Gasteiger partial charge in [-0.05, 0) is 74.5 Å². The largest absolute Gasteiger partial charge is 0.466 e. The van der Waals surface area contributed by atoms with Crippen LogP contribution in [0.5, 0.6) is 0 Å². The number of fused-ring (bicyclic) bond motifs is 2. The van der Waals surface area contributed by atoms with Crippen LogP contribution in [-0.4, -0.2) is 57.0 Å². The summed E-state index contributed by atoms with van der Waals surface area (Å²) in [5, 5.41) is 12.1. The highest BCUT2D eigenvalue weighted by atomic mass is 32.1. The Bertz CT molecular complexity index is 1320. The molecule has 13 heteroatoms. The molecule has 12 nitrogen and oxygen atoms in total. The average molecular weight is 557 g/mol. The van der Waals surface area contributed by atoms with Gasteiger partial charge in [-0.2, -0.15) is 0 Å². The molecule has 2 saturated carbocycles. The number of pyridine rings is 1. The Hall–Kier alpha value is -3.87. The molecular formula is C26H32N6O6S. The normalized spacial score (nSPS) is 20.5. The maximum absolute atomic E-state index is 13.2. The third-order valence-electron chi connectivity index (χ3n) is 7.23. The van der Waals surface area contributed by atoms with Crippen LogP contribution < -0.4 is 21.5 Å². The van der Waals surface area contributed by atoms with E-state index in [0.29, 0.717) is 17.5 Å². The second kappa shape index (κ2) is 12.8. The molecule has 39 heavy (non-hydrogen) atoms. The molecule has 208 valence electrons. The molecule has 0 radical (unpaired) electrons. The standard InChI is InChI=1S/C26H32N6O6S/c1-15-23(39-31-30-15)25(36)28-18(6-3-4-8-22(34)38-2)24(35)29-19-7-5-11-32(26(19)37)14-21(33)27-20-13-16-9-10-17(20)12-16/h4-5,7-8,11,16-18,20H,3,6,9-10,12-14H2,1-2H3,(H,27,33)(H,28,36)(H,29,35)/b8-4+/t16?,17?,18-,20+/m0/s1. The van der Waals surface area contributed by atoms with E-state index in [9.17, 15) is 24.0 Å². The lowest BCUT2D eigenvalue weighted by atomic mass is 9.95. The number of esters is 1. The fourth-order valence-electron chi connectivity index (χ4n) is 5.25. The van der Waals surface area contributed by atoms with E-state index in [2.05, 4.69) is 30.3 Å². The monoisotopic (exact) mass is 556 g/mol. The first-order chi connectivity index (χ1) is 18.7. The minimum atomic E-state index is -1.03. The van der Waals surface area contributed by atoms with Crippen molar-refractivity contribution >= 4 is 40.9 Å². The molecule has 2 heterocycles. The number of carbonyl (C=O) groups is 4. The average Bonchev–Trinajstić information content (AvgIpc) is 3.65. The van der Waals surface area contributed by atoms with Crippen molar-refractivity contribution in [3.8, 4) is 0 Å².